The van der Waals surface area contributed by atoms with E-state index < -0.39 is 0 Å². The predicted molar refractivity (Wildman–Crippen MR) is 102 cm³/mol. The van der Waals surface area contributed by atoms with Crippen LogP contribution in [0.4, 0.5) is 0 Å². The van der Waals surface area contributed by atoms with Crippen molar-refractivity contribution in [3.8, 4) is 17.2 Å². The Bertz CT molecular complexity index is 725. The number of hydrogen-bond donors (Lipinski definition) is 2. The second-order valence-electron chi connectivity index (χ2n) is 5.82. The van der Waals surface area contributed by atoms with Crippen LogP contribution in [0, 0.1) is 0 Å². The standard InChI is InChI=1S/C21H25NO4/c1-3-4-5-14-26-20-15-17(8-11-19(20)25-2)21(24)22-13-12-16-6-9-18(23)10-7-16/h3,6-11,15,23H,1,4-5,12-14H2,2H3,(H,22,24). The average molecular weight is 355 g/mol. The number of aromatic hydroxyl groups is 1. The van der Waals surface area contributed by atoms with Crippen LogP contribution >= 0.6 is 0 Å². The van der Waals surface area contributed by atoms with Crippen molar-refractivity contribution in [1.29, 1.82) is 0 Å². The molecule has 0 fully saturated rings. The SMILES string of the molecule is C=CCCCOc1cc(C(=O)NCCc2ccc(O)cc2)ccc1OC. The van der Waals surface area contributed by atoms with Gasteiger partial charge in [0.15, 0.2) is 11.5 Å². The summed E-state index contributed by atoms with van der Waals surface area (Å²) in [5, 5.41) is 12.2. The maximum atomic E-state index is 12.4. The summed E-state index contributed by atoms with van der Waals surface area (Å²) in [6.45, 7) is 4.73. The first-order valence-electron chi connectivity index (χ1n) is 8.62. The van der Waals surface area contributed by atoms with Crippen molar-refractivity contribution in [2.45, 2.75) is 19.3 Å². The van der Waals surface area contributed by atoms with Gasteiger partial charge in [-0.05, 0) is 55.2 Å². The largest absolute Gasteiger partial charge is 0.508 e. The zero-order chi connectivity index (χ0) is 18.8. The van der Waals surface area contributed by atoms with Crippen molar-refractivity contribution >= 4 is 5.91 Å². The van der Waals surface area contributed by atoms with Crippen molar-refractivity contribution in [2.24, 2.45) is 0 Å². The molecule has 0 aromatic heterocycles. The quantitative estimate of drug-likeness (QED) is 0.503. The molecule has 0 saturated heterocycles. The zero-order valence-corrected chi connectivity index (χ0v) is 15.0. The normalized spacial score (nSPS) is 10.2. The number of rotatable bonds is 10. The van der Waals surface area contributed by atoms with E-state index in [9.17, 15) is 9.90 Å². The van der Waals surface area contributed by atoms with Crippen LogP contribution in [0.3, 0.4) is 0 Å². The monoisotopic (exact) mass is 355 g/mol. The minimum Gasteiger partial charge on any atom is -0.508 e. The topological polar surface area (TPSA) is 67.8 Å². The number of nitrogens with one attached hydrogen (secondary N) is 1. The Hall–Kier alpha value is -2.95. The molecule has 2 aromatic carbocycles. The second kappa shape index (κ2) is 10.1. The molecule has 2 rings (SSSR count). The van der Waals surface area contributed by atoms with Gasteiger partial charge in [0, 0.05) is 12.1 Å². The van der Waals surface area contributed by atoms with Gasteiger partial charge >= 0.3 is 0 Å². The van der Waals surface area contributed by atoms with Crippen LogP contribution in [0.25, 0.3) is 0 Å². The Morgan fingerprint density at radius 2 is 1.96 bits per heavy atom. The minimum atomic E-state index is -0.164. The van der Waals surface area contributed by atoms with Gasteiger partial charge in [-0.2, -0.15) is 0 Å². The number of hydrogen-bond acceptors (Lipinski definition) is 4. The molecular formula is C21H25NO4. The summed E-state index contributed by atoms with van der Waals surface area (Å²) in [5.41, 5.74) is 1.57. The number of phenolic OH excluding ortho intramolecular Hbond substituents is 1. The van der Waals surface area contributed by atoms with Crippen LogP contribution in [-0.2, 0) is 6.42 Å². The van der Waals surface area contributed by atoms with Gasteiger partial charge in [-0.25, -0.2) is 0 Å². The molecule has 0 aliphatic carbocycles. The van der Waals surface area contributed by atoms with E-state index in [-0.39, 0.29) is 11.7 Å². The molecule has 0 aliphatic heterocycles. The van der Waals surface area contributed by atoms with Crippen LogP contribution in [0.1, 0.15) is 28.8 Å². The summed E-state index contributed by atoms with van der Waals surface area (Å²) in [7, 11) is 1.57. The van der Waals surface area contributed by atoms with E-state index in [1.54, 1.807) is 37.4 Å². The van der Waals surface area contributed by atoms with Crippen molar-refractivity contribution in [3.63, 3.8) is 0 Å². The Morgan fingerprint density at radius 1 is 1.19 bits per heavy atom. The summed E-state index contributed by atoms with van der Waals surface area (Å²) >= 11 is 0. The van der Waals surface area contributed by atoms with Crippen LogP contribution in [0.2, 0.25) is 0 Å². The van der Waals surface area contributed by atoms with E-state index in [0.29, 0.717) is 36.6 Å². The molecule has 0 heterocycles. The van der Waals surface area contributed by atoms with E-state index >= 15 is 0 Å². The van der Waals surface area contributed by atoms with Crippen LogP contribution < -0.4 is 14.8 Å². The molecule has 5 nitrogen and oxygen atoms in total. The van der Waals surface area contributed by atoms with E-state index in [1.807, 2.05) is 18.2 Å². The fourth-order valence-corrected chi connectivity index (χ4v) is 2.43. The van der Waals surface area contributed by atoms with Gasteiger partial charge in [0.25, 0.3) is 5.91 Å². The third-order valence-corrected chi connectivity index (χ3v) is 3.87. The van der Waals surface area contributed by atoms with Gasteiger partial charge in [-0.3, -0.25) is 4.79 Å². The molecule has 2 aromatic rings. The maximum Gasteiger partial charge on any atom is 0.251 e. The molecule has 0 saturated carbocycles. The summed E-state index contributed by atoms with van der Waals surface area (Å²) < 4.78 is 11.0. The van der Waals surface area contributed by atoms with Crippen molar-refractivity contribution in [1.82, 2.24) is 5.32 Å². The highest BCUT2D eigenvalue weighted by Crippen LogP contribution is 2.28. The smallest absolute Gasteiger partial charge is 0.251 e. The minimum absolute atomic E-state index is 0.164. The molecule has 1 amide bonds. The Labute approximate surface area is 154 Å². The summed E-state index contributed by atoms with van der Waals surface area (Å²) in [6, 6.07) is 12.1. The van der Waals surface area contributed by atoms with Crippen molar-refractivity contribution in [2.75, 3.05) is 20.3 Å². The first-order valence-corrected chi connectivity index (χ1v) is 8.62. The fraction of sp³-hybridized carbons (Fsp3) is 0.286. The van der Waals surface area contributed by atoms with Gasteiger partial charge in [0.05, 0.1) is 13.7 Å². The molecule has 0 atom stereocenters. The zero-order valence-electron chi connectivity index (χ0n) is 15.0. The molecule has 0 spiro atoms. The van der Waals surface area contributed by atoms with E-state index in [4.69, 9.17) is 9.47 Å². The van der Waals surface area contributed by atoms with E-state index in [0.717, 1.165) is 18.4 Å². The molecule has 26 heavy (non-hydrogen) atoms. The first-order chi connectivity index (χ1) is 12.6. The number of carbonyl (C=O) groups excluding carboxylic acids is 1. The number of ether oxygens (including phenoxy) is 2. The Balaban J connectivity index is 1.92. The van der Waals surface area contributed by atoms with Crippen LogP contribution in [0.5, 0.6) is 17.2 Å². The summed E-state index contributed by atoms with van der Waals surface area (Å²) in [5.74, 6) is 1.23. The highest BCUT2D eigenvalue weighted by atomic mass is 16.5. The third-order valence-electron chi connectivity index (χ3n) is 3.87. The van der Waals surface area contributed by atoms with Gasteiger partial charge < -0.3 is 19.9 Å². The molecular weight excluding hydrogens is 330 g/mol. The number of methoxy groups -OCH3 is 1. The second-order valence-corrected chi connectivity index (χ2v) is 5.82. The summed E-state index contributed by atoms with van der Waals surface area (Å²) in [6.07, 6.45) is 4.26. The van der Waals surface area contributed by atoms with Gasteiger partial charge in [-0.15, -0.1) is 6.58 Å². The highest BCUT2D eigenvalue weighted by Gasteiger charge is 2.11. The molecule has 0 unspecified atom stereocenters. The lowest BCUT2D eigenvalue weighted by atomic mass is 10.1. The molecule has 2 N–H and O–H groups in total. The van der Waals surface area contributed by atoms with E-state index in [2.05, 4.69) is 11.9 Å². The maximum absolute atomic E-state index is 12.4. The Kier molecular flexibility index (Phi) is 7.55. The number of allylic oxidation sites excluding steroid dienone is 1. The van der Waals surface area contributed by atoms with Gasteiger partial charge in [0.1, 0.15) is 5.75 Å². The van der Waals surface area contributed by atoms with Crippen molar-refractivity contribution in [3.05, 3.63) is 66.2 Å². The lowest BCUT2D eigenvalue weighted by Gasteiger charge is -2.12. The summed E-state index contributed by atoms with van der Waals surface area (Å²) in [4.78, 5) is 12.4. The van der Waals surface area contributed by atoms with Gasteiger partial charge in [-0.1, -0.05) is 18.2 Å². The molecule has 0 radical (unpaired) electrons. The van der Waals surface area contributed by atoms with Gasteiger partial charge in [0.2, 0.25) is 0 Å². The molecule has 0 bridgehead atoms. The van der Waals surface area contributed by atoms with E-state index in [1.165, 1.54) is 0 Å². The number of benzene rings is 2. The first kappa shape index (κ1) is 19.4. The third kappa shape index (κ3) is 5.84. The average Bonchev–Trinajstić information content (AvgIpc) is 2.66. The molecule has 0 aliphatic rings. The number of phenols is 1. The number of carbonyl (C=O) groups is 1. The lowest BCUT2D eigenvalue weighted by molar-refractivity contribution is 0.0953. The molecule has 138 valence electrons. The predicted octanol–water partition coefficient (Wildman–Crippen LogP) is 3.72. The fourth-order valence-electron chi connectivity index (χ4n) is 2.43. The van der Waals surface area contributed by atoms with Crippen LogP contribution in [0.15, 0.2) is 55.1 Å². The van der Waals surface area contributed by atoms with Crippen LogP contribution in [-0.4, -0.2) is 31.3 Å². The lowest BCUT2D eigenvalue weighted by Crippen LogP contribution is -2.25. The van der Waals surface area contributed by atoms with Crippen molar-refractivity contribution < 1.29 is 19.4 Å². The Morgan fingerprint density at radius 3 is 2.65 bits per heavy atom. The number of unbranched alkanes of at least 4 members (excludes halogenated alkanes) is 1. The highest BCUT2D eigenvalue weighted by molar-refractivity contribution is 5.94. The number of amides is 1. The molecule has 5 heteroatoms.